The predicted molar refractivity (Wildman–Crippen MR) is 106 cm³/mol. The Labute approximate surface area is 155 Å². The minimum Gasteiger partial charge on any atom is -0.373 e. The molecule has 0 unspecified atom stereocenters. The van der Waals surface area contributed by atoms with Gasteiger partial charge < -0.3 is 15.5 Å². The molecule has 0 radical (unpaired) electrons. The van der Waals surface area contributed by atoms with E-state index in [1.165, 1.54) is 0 Å². The highest BCUT2D eigenvalue weighted by atomic mass is 127. The summed E-state index contributed by atoms with van der Waals surface area (Å²) < 4.78 is 0.850. The second-order valence-electron chi connectivity index (χ2n) is 5.24. The zero-order chi connectivity index (χ0) is 17.5. The number of anilines is 2. The molecule has 0 aliphatic rings. The molecule has 2 aromatic carbocycles. The van der Waals surface area contributed by atoms with Crippen molar-refractivity contribution in [2.75, 3.05) is 30.4 Å². The van der Waals surface area contributed by atoms with Gasteiger partial charge in [-0.15, -0.1) is 0 Å². The molecule has 6 heteroatoms. The SMILES string of the molecule is CCN(C)c1ccccc1NC(=O)CNC(=O)c1ccccc1I. The first-order valence-electron chi connectivity index (χ1n) is 7.65. The highest BCUT2D eigenvalue weighted by Crippen LogP contribution is 2.24. The molecule has 2 aromatic rings. The fourth-order valence-electron chi connectivity index (χ4n) is 2.18. The summed E-state index contributed by atoms with van der Waals surface area (Å²) in [7, 11) is 1.96. The standard InChI is InChI=1S/C18H20IN3O2/c1-3-22(2)16-11-7-6-10-15(16)21-17(23)12-20-18(24)13-8-4-5-9-14(13)19/h4-11H,3,12H2,1-2H3,(H,20,24)(H,21,23). The summed E-state index contributed by atoms with van der Waals surface area (Å²) in [6.45, 7) is 2.80. The lowest BCUT2D eigenvalue weighted by molar-refractivity contribution is -0.115. The molecule has 0 atom stereocenters. The Bertz CT molecular complexity index is 734. The van der Waals surface area contributed by atoms with Crippen LogP contribution in [0.4, 0.5) is 11.4 Å². The smallest absolute Gasteiger partial charge is 0.252 e. The Hall–Kier alpha value is -2.09. The van der Waals surface area contributed by atoms with Crippen LogP contribution in [-0.2, 0) is 4.79 Å². The van der Waals surface area contributed by atoms with Gasteiger partial charge in [0, 0.05) is 17.2 Å². The molecule has 0 saturated heterocycles. The number of benzene rings is 2. The van der Waals surface area contributed by atoms with Gasteiger partial charge in [-0.2, -0.15) is 0 Å². The van der Waals surface area contributed by atoms with Crippen LogP contribution in [-0.4, -0.2) is 32.0 Å². The monoisotopic (exact) mass is 437 g/mol. The van der Waals surface area contributed by atoms with E-state index in [2.05, 4.69) is 33.2 Å². The zero-order valence-electron chi connectivity index (χ0n) is 13.7. The van der Waals surface area contributed by atoms with Gasteiger partial charge in [-0.05, 0) is 53.8 Å². The summed E-state index contributed by atoms with van der Waals surface area (Å²) >= 11 is 2.10. The summed E-state index contributed by atoms with van der Waals surface area (Å²) in [6.07, 6.45) is 0. The molecule has 0 heterocycles. The number of carbonyl (C=O) groups excluding carboxylic acids is 2. The van der Waals surface area contributed by atoms with Crippen molar-refractivity contribution in [2.24, 2.45) is 0 Å². The number of para-hydroxylation sites is 2. The zero-order valence-corrected chi connectivity index (χ0v) is 15.8. The fraction of sp³-hybridized carbons (Fsp3) is 0.222. The predicted octanol–water partition coefficient (Wildman–Crippen LogP) is 3.12. The normalized spacial score (nSPS) is 10.1. The minimum atomic E-state index is -0.258. The summed E-state index contributed by atoms with van der Waals surface area (Å²) in [6, 6.07) is 14.8. The van der Waals surface area contributed by atoms with E-state index in [9.17, 15) is 9.59 Å². The molecule has 2 N–H and O–H groups in total. The Morgan fingerprint density at radius 3 is 2.46 bits per heavy atom. The van der Waals surface area contributed by atoms with E-state index in [4.69, 9.17) is 0 Å². The van der Waals surface area contributed by atoms with Crippen molar-refractivity contribution < 1.29 is 9.59 Å². The minimum absolute atomic E-state index is 0.0754. The third kappa shape index (κ3) is 4.70. The lowest BCUT2D eigenvalue weighted by Gasteiger charge is -2.20. The van der Waals surface area contributed by atoms with E-state index in [0.29, 0.717) is 5.56 Å². The average molecular weight is 437 g/mol. The van der Waals surface area contributed by atoms with Crippen molar-refractivity contribution in [3.8, 4) is 0 Å². The number of nitrogens with zero attached hydrogens (tertiary/aromatic N) is 1. The van der Waals surface area contributed by atoms with E-state index >= 15 is 0 Å². The van der Waals surface area contributed by atoms with Gasteiger partial charge in [-0.1, -0.05) is 24.3 Å². The van der Waals surface area contributed by atoms with E-state index in [1.54, 1.807) is 12.1 Å². The number of hydrogen-bond acceptors (Lipinski definition) is 3. The Balaban J connectivity index is 1.97. The lowest BCUT2D eigenvalue weighted by atomic mass is 10.2. The summed E-state index contributed by atoms with van der Waals surface area (Å²) in [5, 5.41) is 5.50. The maximum absolute atomic E-state index is 12.2. The van der Waals surface area contributed by atoms with Gasteiger partial charge in [0.2, 0.25) is 5.91 Å². The van der Waals surface area contributed by atoms with Crippen molar-refractivity contribution in [3.63, 3.8) is 0 Å². The second-order valence-corrected chi connectivity index (χ2v) is 6.40. The first-order valence-corrected chi connectivity index (χ1v) is 8.73. The molecule has 24 heavy (non-hydrogen) atoms. The van der Waals surface area contributed by atoms with E-state index < -0.39 is 0 Å². The highest BCUT2D eigenvalue weighted by Gasteiger charge is 2.12. The molecule has 0 aliphatic heterocycles. The van der Waals surface area contributed by atoms with Crippen LogP contribution in [0.2, 0.25) is 0 Å². The van der Waals surface area contributed by atoms with E-state index in [1.807, 2.05) is 55.3 Å². The molecular formula is C18H20IN3O2. The topological polar surface area (TPSA) is 61.4 Å². The third-order valence-electron chi connectivity index (χ3n) is 3.59. The van der Waals surface area contributed by atoms with Gasteiger partial charge in [0.05, 0.1) is 23.5 Å². The Morgan fingerprint density at radius 2 is 1.75 bits per heavy atom. The van der Waals surface area contributed by atoms with Gasteiger partial charge >= 0.3 is 0 Å². The van der Waals surface area contributed by atoms with Crippen LogP contribution in [0.1, 0.15) is 17.3 Å². The van der Waals surface area contributed by atoms with Crippen molar-refractivity contribution in [1.82, 2.24) is 5.32 Å². The maximum Gasteiger partial charge on any atom is 0.252 e. The molecule has 2 amide bonds. The Kier molecular flexibility index (Phi) is 6.60. The van der Waals surface area contributed by atoms with Crippen LogP contribution in [0, 0.1) is 3.57 Å². The first-order chi connectivity index (χ1) is 11.5. The van der Waals surface area contributed by atoms with Crippen LogP contribution in [0.5, 0.6) is 0 Å². The van der Waals surface area contributed by atoms with Gasteiger partial charge in [-0.25, -0.2) is 0 Å². The quantitative estimate of drug-likeness (QED) is 0.683. The molecular weight excluding hydrogens is 417 g/mol. The molecule has 0 spiro atoms. The Morgan fingerprint density at radius 1 is 1.08 bits per heavy atom. The molecule has 0 fully saturated rings. The number of hydrogen-bond donors (Lipinski definition) is 2. The third-order valence-corrected chi connectivity index (χ3v) is 4.53. The van der Waals surface area contributed by atoms with Crippen molar-refractivity contribution >= 4 is 45.8 Å². The summed E-state index contributed by atoms with van der Waals surface area (Å²) in [4.78, 5) is 26.3. The lowest BCUT2D eigenvalue weighted by Crippen LogP contribution is -2.33. The number of rotatable bonds is 6. The summed E-state index contributed by atoms with van der Waals surface area (Å²) in [5.41, 5.74) is 2.24. The van der Waals surface area contributed by atoms with Crippen LogP contribution in [0.15, 0.2) is 48.5 Å². The summed E-state index contributed by atoms with van der Waals surface area (Å²) in [5.74, 6) is -0.514. The van der Waals surface area contributed by atoms with Gasteiger partial charge in [0.1, 0.15) is 0 Å². The number of carbonyl (C=O) groups is 2. The average Bonchev–Trinajstić information content (AvgIpc) is 2.60. The first kappa shape index (κ1) is 18.3. The van der Waals surface area contributed by atoms with Gasteiger partial charge in [0.25, 0.3) is 5.91 Å². The van der Waals surface area contributed by atoms with E-state index in [0.717, 1.165) is 21.5 Å². The van der Waals surface area contributed by atoms with Crippen molar-refractivity contribution in [2.45, 2.75) is 6.92 Å². The molecule has 126 valence electrons. The van der Waals surface area contributed by atoms with Crippen molar-refractivity contribution in [3.05, 3.63) is 57.7 Å². The van der Waals surface area contributed by atoms with Gasteiger partial charge in [0.15, 0.2) is 0 Å². The second kappa shape index (κ2) is 8.68. The van der Waals surface area contributed by atoms with Gasteiger partial charge in [-0.3, -0.25) is 9.59 Å². The largest absolute Gasteiger partial charge is 0.373 e. The van der Waals surface area contributed by atoms with Crippen LogP contribution < -0.4 is 15.5 Å². The molecule has 0 saturated carbocycles. The fourth-order valence-corrected chi connectivity index (χ4v) is 2.81. The maximum atomic E-state index is 12.2. The highest BCUT2D eigenvalue weighted by molar-refractivity contribution is 14.1. The molecule has 0 aliphatic carbocycles. The van der Waals surface area contributed by atoms with Crippen molar-refractivity contribution in [1.29, 1.82) is 0 Å². The van der Waals surface area contributed by atoms with Crippen LogP contribution >= 0.6 is 22.6 Å². The molecule has 2 rings (SSSR count). The molecule has 0 aromatic heterocycles. The number of halogens is 1. The molecule has 5 nitrogen and oxygen atoms in total. The number of amides is 2. The van der Waals surface area contributed by atoms with Crippen LogP contribution in [0.25, 0.3) is 0 Å². The van der Waals surface area contributed by atoms with E-state index in [-0.39, 0.29) is 18.4 Å². The van der Waals surface area contributed by atoms with Crippen LogP contribution in [0.3, 0.4) is 0 Å². The molecule has 0 bridgehead atoms. The number of nitrogens with one attached hydrogen (secondary N) is 2.